The molecule has 1 aromatic carbocycles. The molecule has 1 aliphatic rings. The summed E-state index contributed by atoms with van der Waals surface area (Å²) < 4.78 is 0. The van der Waals surface area contributed by atoms with E-state index in [1.807, 2.05) is 24.3 Å². The van der Waals surface area contributed by atoms with Gasteiger partial charge in [0.15, 0.2) is 0 Å². The van der Waals surface area contributed by atoms with Crippen LogP contribution in [0.1, 0.15) is 19.0 Å². The van der Waals surface area contributed by atoms with Crippen molar-refractivity contribution in [1.82, 2.24) is 15.2 Å². The lowest BCUT2D eigenvalue weighted by molar-refractivity contribution is -0.120. The van der Waals surface area contributed by atoms with Crippen LogP contribution in [0, 0.1) is 0 Å². The Hall–Kier alpha value is -1.65. The fourth-order valence-corrected chi connectivity index (χ4v) is 2.85. The van der Waals surface area contributed by atoms with Crippen molar-refractivity contribution in [2.24, 2.45) is 0 Å². The van der Waals surface area contributed by atoms with Crippen LogP contribution in [-0.2, 0) is 11.3 Å². The van der Waals surface area contributed by atoms with Gasteiger partial charge in [0.2, 0.25) is 5.91 Å². The number of nitrogens with one attached hydrogen (secondary N) is 1. The Morgan fingerprint density at radius 1 is 1.38 bits per heavy atom. The Kier molecular flexibility index (Phi) is 4.08. The second kappa shape index (κ2) is 6.00. The van der Waals surface area contributed by atoms with Crippen molar-refractivity contribution in [3.63, 3.8) is 0 Å². The first-order valence-electron chi connectivity index (χ1n) is 7.18. The van der Waals surface area contributed by atoms with E-state index in [1.54, 1.807) is 0 Å². The summed E-state index contributed by atoms with van der Waals surface area (Å²) >= 11 is 6.21. The minimum absolute atomic E-state index is 0.124. The van der Waals surface area contributed by atoms with Gasteiger partial charge in [-0.2, -0.15) is 0 Å². The summed E-state index contributed by atoms with van der Waals surface area (Å²) in [6.07, 6.45) is 0.540. The van der Waals surface area contributed by atoms with Crippen molar-refractivity contribution < 1.29 is 4.79 Å². The van der Waals surface area contributed by atoms with Crippen LogP contribution < -0.4 is 5.32 Å². The van der Waals surface area contributed by atoms with E-state index < -0.39 is 0 Å². The van der Waals surface area contributed by atoms with Gasteiger partial charge in [-0.25, -0.2) is 4.98 Å². The van der Waals surface area contributed by atoms with Gasteiger partial charge in [0.1, 0.15) is 0 Å². The predicted octanol–water partition coefficient (Wildman–Crippen LogP) is 2.60. The highest BCUT2D eigenvalue weighted by atomic mass is 35.5. The molecular formula is C16H18ClN3O. The molecule has 1 unspecified atom stereocenters. The lowest BCUT2D eigenvalue weighted by atomic mass is 10.2. The minimum Gasteiger partial charge on any atom is -0.355 e. The number of rotatable bonds is 2. The number of pyridine rings is 1. The van der Waals surface area contributed by atoms with Gasteiger partial charge < -0.3 is 5.32 Å². The molecular weight excluding hydrogens is 286 g/mol. The molecule has 1 saturated heterocycles. The highest BCUT2D eigenvalue weighted by molar-refractivity contribution is 6.35. The van der Waals surface area contributed by atoms with E-state index in [0.717, 1.165) is 29.7 Å². The number of carbonyl (C=O) groups is 1. The first kappa shape index (κ1) is 14.3. The van der Waals surface area contributed by atoms with Crippen molar-refractivity contribution in [2.75, 3.05) is 13.1 Å². The van der Waals surface area contributed by atoms with Crippen LogP contribution >= 0.6 is 11.6 Å². The molecule has 5 heteroatoms. The zero-order valence-corrected chi connectivity index (χ0v) is 12.7. The van der Waals surface area contributed by atoms with Gasteiger partial charge in [-0.05, 0) is 19.1 Å². The van der Waals surface area contributed by atoms with E-state index in [9.17, 15) is 4.79 Å². The zero-order valence-electron chi connectivity index (χ0n) is 12.0. The van der Waals surface area contributed by atoms with Crippen LogP contribution in [0.4, 0.5) is 0 Å². The lowest BCUT2D eigenvalue weighted by Gasteiger charge is -2.25. The van der Waals surface area contributed by atoms with E-state index in [1.165, 1.54) is 0 Å². The second-order valence-electron chi connectivity index (χ2n) is 5.49. The number of hydrogen-bond acceptors (Lipinski definition) is 3. The molecule has 1 fully saturated rings. The monoisotopic (exact) mass is 303 g/mol. The average molecular weight is 304 g/mol. The summed E-state index contributed by atoms with van der Waals surface area (Å²) in [5.74, 6) is 0.124. The number of fused-ring (bicyclic) bond motifs is 1. The van der Waals surface area contributed by atoms with Crippen LogP contribution in [0.5, 0.6) is 0 Å². The molecule has 1 aliphatic heterocycles. The highest BCUT2D eigenvalue weighted by Gasteiger charge is 2.20. The van der Waals surface area contributed by atoms with Crippen LogP contribution in [0.15, 0.2) is 30.3 Å². The third-order valence-electron chi connectivity index (χ3n) is 3.94. The molecule has 1 atom stereocenters. The van der Waals surface area contributed by atoms with Crippen molar-refractivity contribution in [2.45, 2.75) is 25.9 Å². The SMILES string of the molecule is CC1CNC(=O)CCN1Cc1ccc2cccc(Cl)c2n1. The predicted molar refractivity (Wildman–Crippen MR) is 84.3 cm³/mol. The molecule has 0 saturated carbocycles. The van der Waals surface area contributed by atoms with Gasteiger partial charge in [-0.15, -0.1) is 0 Å². The highest BCUT2D eigenvalue weighted by Crippen LogP contribution is 2.22. The maximum Gasteiger partial charge on any atom is 0.221 e. The van der Waals surface area contributed by atoms with Crippen molar-refractivity contribution >= 4 is 28.4 Å². The molecule has 21 heavy (non-hydrogen) atoms. The lowest BCUT2D eigenvalue weighted by Crippen LogP contribution is -2.37. The van der Waals surface area contributed by atoms with E-state index in [4.69, 9.17) is 11.6 Å². The average Bonchev–Trinajstić information content (AvgIpc) is 2.64. The Labute approximate surface area is 129 Å². The molecule has 4 nitrogen and oxygen atoms in total. The third kappa shape index (κ3) is 3.17. The molecule has 1 aromatic heterocycles. The fourth-order valence-electron chi connectivity index (χ4n) is 2.63. The second-order valence-corrected chi connectivity index (χ2v) is 5.89. The largest absolute Gasteiger partial charge is 0.355 e. The summed E-state index contributed by atoms with van der Waals surface area (Å²) in [4.78, 5) is 18.4. The minimum atomic E-state index is 0.124. The molecule has 1 amide bonds. The number of halogens is 1. The zero-order chi connectivity index (χ0) is 14.8. The van der Waals surface area contributed by atoms with Crippen LogP contribution in [0.3, 0.4) is 0 Å². The summed E-state index contributed by atoms with van der Waals surface area (Å²) in [5, 5.41) is 4.65. The Morgan fingerprint density at radius 3 is 3.10 bits per heavy atom. The molecule has 0 radical (unpaired) electrons. The molecule has 1 N–H and O–H groups in total. The maximum absolute atomic E-state index is 11.5. The van der Waals surface area contributed by atoms with Crippen molar-refractivity contribution in [3.05, 3.63) is 41.0 Å². The third-order valence-corrected chi connectivity index (χ3v) is 4.24. The normalized spacial score (nSPS) is 20.3. The number of benzene rings is 1. The molecule has 0 bridgehead atoms. The summed E-state index contributed by atoms with van der Waals surface area (Å²) in [7, 11) is 0. The van der Waals surface area contributed by atoms with E-state index in [-0.39, 0.29) is 5.91 Å². The maximum atomic E-state index is 11.5. The van der Waals surface area contributed by atoms with Gasteiger partial charge in [0.25, 0.3) is 0 Å². The Balaban J connectivity index is 1.84. The van der Waals surface area contributed by atoms with E-state index in [2.05, 4.69) is 28.2 Å². The molecule has 3 rings (SSSR count). The van der Waals surface area contributed by atoms with E-state index in [0.29, 0.717) is 24.0 Å². The summed E-state index contributed by atoms with van der Waals surface area (Å²) in [6.45, 7) is 4.30. The van der Waals surface area contributed by atoms with Gasteiger partial charge in [-0.1, -0.05) is 29.8 Å². The van der Waals surface area contributed by atoms with Gasteiger partial charge in [0.05, 0.1) is 16.2 Å². The topological polar surface area (TPSA) is 45.2 Å². The number of hydrogen-bond donors (Lipinski definition) is 1. The first-order valence-corrected chi connectivity index (χ1v) is 7.56. The number of amides is 1. The standard InChI is InChI=1S/C16H18ClN3O/c1-11-9-18-15(21)7-8-20(11)10-13-6-5-12-3-2-4-14(17)16(12)19-13/h2-6,11H,7-10H2,1H3,(H,18,21). The Bertz CT molecular complexity index is 674. The quantitative estimate of drug-likeness (QED) is 0.927. The number of carbonyl (C=O) groups excluding carboxylic acids is 1. The summed E-state index contributed by atoms with van der Waals surface area (Å²) in [5.41, 5.74) is 1.82. The molecule has 2 aromatic rings. The molecule has 110 valence electrons. The van der Waals surface area contributed by atoms with Crippen molar-refractivity contribution in [3.8, 4) is 0 Å². The smallest absolute Gasteiger partial charge is 0.221 e. The fraction of sp³-hybridized carbons (Fsp3) is 0.375. The van der Waals surface area contributed by atoms with E-state index >= 15 is 0 Å². The van der Waals surface area contributed by atoms with Gasteiger partial charge in [-0.3, -0.25) is 9.69 Å². The molecule has 0 spiro atoms. The van der Waals surface area contributed by atoms with Crippen LogP contribution in [-0.4, -0.2) is 34.9 Å². The van der Waals surface area contributed by atoms with Crippen LogP contribution in [0.2, 0.25) is 5.02 Å². The number of nitrogens with zero attached hydrogens (tertiary/aromatic N) is 2. The molecule has 0 aliphatic carbocycles. The van der Waals surface area contributed by atoms with Crippen LogP contribution in [0.25, 0.3) is 10.9 Å². The number of aromatic nitrogens is 1. The summed E-state index contributed by atoms with van der Waals surface area (Å²) in [6, 6.07) is 10.2. The van der Waals surface area contributed by atoms with Gasteiger partial charge >= 0.3 is 0 Å². The van der Waals surface area contributed by atoms with Gasteiger partial charge in [0, 0.05) is 37.5 Å². The first-order chi connectivity index (χ1) is 10.1. The Morgan fingerprint density at radius 2 is 2.24 bits per heavy atom. The number of para-hydroxylation sites is 1. The molecule has 2 heterocycles. The van der Waals surface area contributed by atoms with Crippen molar-refractivity contribution in [1.29, 1.82) is 0 Å².